The summed E-state index contributed by atoms with van der Waals surface area (Å²) < 4.78 is 0. The maximum absolute atomic E-state index is 10.9. The fourth-order valence-corrected chi connectivity index (χ4v) is 2.47. The molecule has 0 aromatic heterocycles. The zero-order valence-electron chi connectivity index (χ0n) is 9.74. The molecule has 4 heteroatoms. The standard InChI is InChI=1S/C11H15O2Si.Li/c1-14(2,3)8-9-6-4-5-7-10(9)11(12)13;/h4-8H,1-3H3,(H,12,13);/q-1;+1. The minimum atomic E-state index is -1.36. The molecule has 0 aliphatic rings. The topological polar surface area (TPSA) is 37.3 Å². The molecule has 0 radical (unpaired) electrons. The van der Waals surface area contributed by atoms with Crippen molar-refractivity contribution in [3.8, 4) is 0 Å². The van der Waals surface area contributed by atoms with Gasteiger partial charge in [-0.05, 0) is 5.56 Å². The van der Waals surface area contributed by atoms with E-state index in [0.29, 0.717) is 5.56 Å². The summed E-state index contributed by atoms with van der Waals surface area (Å²) in [5.74, 6) is -0.852. The van der Waals surface area contributed by atoms with Crippen molar-refractivity contribution in [1.29, 1.82) is 0 Å². The first-order chi connectivity index (χ1) is 6.40. The minimum Gasteiger partial charge on any atom is -0.487 e. The second kappa shape index (κ2) is 5.46. The van der Waals surface area contributed by atoms with Crippen LogP contribution in [0.15, 0.2) is 24.3 Å². The van der Waals surface area contributed by atoms with Gasteiger partial charge in [0.15, 0.2) is 0 Å². The van der Waals surface area contributed by atoms with Crippen LogP contribution in [0.3, 0.4) is 0 Å². The summed E-state index contributed by atoms with van der Waals surface area (Å²) in [6.45, 7) is 6.56. The fourth-order valence-electron chi connectivity index (χ4n) is 1.28. The van der Waals surface area contributed by atoms with Crippen LogP contribution in [0.4, 0.5) is 0 Å². The summed E-state index contributed by atoms with van der Waals surface area (Å²) in [5, 5.41) is 8.96. The Bertz CT molecular complexity index is 345. The molecule has 1 aromatic carbocycles. The van der Waals surface area contributed by atoms with E-state index in [4.69, 9.17) is 5.11 Å². The van der Waals surface area contributed by atoms with Crippen LogP contribution in [-0.2, 0) is 0 Å². The molecule has 0 amide bonds. The monoisotopic (exact) mass is 214 g/mol. The van der Waals surface area contributed by atoms with Gasteiger partial charge in [-0.1, -0.05) is 25.7 Å². The molecule has 1 aromatic rings. The molecule has 1 N–H and O–H groups in total. The molecule has 2 nitrogen and oxygen atoms in total. The Kier molecular flexibility index (Phi) is 5.23. The zero-order chi connectivity index (χ0) is 10.8. The number of hydrogen-bond acceptors (Lipinski definition) is 1. The third-order valence-corrected chi connectivity index (χ3v) is 2.96. The first-order valence-corrected chi connectivity index (χ1v) is 8.16. The van der Waals surface area contributed by atoms with E-state index in [0.717, 1.165) is 5.56 Å². The van der Waals surface area contributed by atoms with E-state index in [9.17, 15) is 4.79 Å². The molecule has 0 atom stereocenters. The van der Waals surface area contributed by atoms with Gasteiger partial charge in [0.2, 0.25) is 0 Å². The normalized spacial score (nSPS) is 10.3. The molecule has 0 unspecified atom stereocenters. The van der Waals surface area contributed by atoms with Gasteiger partial charge >= 0.3 is 18.9 Å². The number of carboxylic acid groups (broad SMARTS) is 1. The molecule has 0 heterocycles. The number of aromatic carboxylic acids is 1. The van der Waals surface area contributed by atoms with E-state index in [1.54, 1.807) is 12.1 Å². The second-order valence-electron chi connectivity index (χ2n) is 4.40. The predicted molar refractivity (Wildman–Crippen MR) is 60.1 cm³/mol. The molecule has 76 valence electrons. The van der Waals surface area contributed by atoms with Crippen molar-refractivity contribution in [2.75, 3.05) is 0 Å². The van der Waals surface area contributed by atoms with E-state index in [-0.39, 0.29) is 18.9 Å². The Morgan fingerprint density at radius 3 is 2.27 bits per heavy atom. The van der Waals surface area contributed by atoms with Gasteiger partial charge in [0, 0.05) is 8.07 Å². The van der Waals surface area contributed by atoms with Crippen molar-refractivity contribution >= 4 is 14.0 Å². The van der Waals surface area contributed by atoms with E-state index in [1.165, 1.54) is 0 Å². The first-order valence-electron chi connectivity index (χ1n) is 4.58. The van der Waals surface area contributed by atoms with E-state index in [2.05, 4.69) is 25.7 Å². The van der Waals surface area contributed by atoms with Crippen LogP contribution in [0.25, 0.3) is 0 Å². The third kappa shape index (κ3) is 4.61. The Labute approximate surface area is 104 Å². The van der Waals surface area contributed by atoms with Gasteiger partial charge in [0.05, 0.1) is 0 Å². The smallest absolute Gasteiger partial charge is 0.487 e. The van der Waals surface area contributed by atoms with Crippen molar-refractivity contribution in [3.05, 3.63) is 41.4 Å². The zero-order valence-corrected chi connectivity index (χ0v) is 10.7. The Morgan fingerprint density at radius 2 is 1.80 bits per heavy atom. The molecule has 0 spiro atoms. The van der Waals surface area contributed by atoms with Crippen LogP contribution < -0.4 is 18.9 Å². The van der Waals surface area contributed by atoms with Crippen molar-refractivity contribution in [1.82, 2.24) is 0 Å². The van der Waals surface area contributed by atoms with Gasteiger partial charge in [-0.15, -0.1) is 12.1 Å². The van der Waals surface area contributed by atoms with Gasteiger partial charge in [-0.2, -0.15) is 17.7 Å². The molecule has 0 saturated heterocycles. The van der Waals surface area contributed by atoms with Crippen molar-refractivity contribution in [3.63, 3.8) is 0 Å². The number of benzene rings is 1. The molecule has 1 rings (SSSR count). The molecule has 0 bridgehead atoms. The van der Waals surface area contributed by atoms with Gasteiger partial charge in [-0.25, -0.2) is 0 Å². The number of carbonyl (C=O) groups is 1. The Morgan fingerprint density at radius 1 is 1.27 bits per heavy atom. The Balaban J connectivity index is 0.00000196. The second-order valence-corrected chi connectivity index (χ2v) is 9.42. The summed E-state index contributed by atoms with van der Waals surface area (Å²) >= 11 is 0. The molecule has 0 aliphatic heterocycles. The van der Waals surface area contributed by atoms with Gasteiger partial charge in [-0.3, -0.25) is 4.79 Å². The molecular formula is C11H15LiO2Si. The van der Waals surface area contributed by atoms with Gasteiger partial charge in [0.25, 0.3) is 5.97 Å². The summed E-state index contributed by atoms with van der Waals surface area (Å²) in [7, 11) is -1.36. The summed E-state index contributed by atoms with van der Waals surface area (Å²) in [5.41, 5.74) is 1.24. The maximum atomic E-state index is 10.9. The van der Waals surface area contributed by atoms with E-state index < -0.39 is 14.0 Å². The van der Waals surface area contributed by atoms with Crippen LogP contribution >= 0.6 is 0 Å². The van der Waals surface area contributed by atoms with Crippen LogP contribution in [0, 0.1) is 6.04 Å². The van der Waals surface area contributed by atoms with Crippen LogP contribution in [0.2, 0.25) is 19.6 Å². The summed E-state index contributed by atoms with van der Waals surface area (Å²) in [4.78, 5) is 10.9. The molecule has 0 saturated carbocycles. The van der Waals surface area contributed by atoms with Crippen molar-refractivity contribution in [2.45, 2.75) is 19.6 Å². The van der Waals surface area contributed by atoms with Gasteiger partial charge in [0.1, 0.15) is 0 Å². The van der Waals surface area contributed by atoms with E-state index >= 15 is 0 Å². The van der Waals surface area contributed by atoms with Crippen molar-refractivity contribution < 1.29 is 28.8 Å². The largest absolute Gasteiger partial charge is 1.00 e. The fraction of sp³-hybridized carbons (Fsp3) is 0.273. The SMILES string of the molecule is C[Si](C)(C)[CH-]c1ccccc1C(=O)O.[Li+]. The Hall–Kier alpha value is -0.626. The average molecular weight is 214 g/mol. The van der Waals surface area contributed by atoms with E-state index in [1.807, 2.05) is 12.1 Å². The molecule has 0 aliphatic carbocycles. The number of carboxylic acids is 1. The quantitative estimate of drug-likeness (QED) is 0.560. The number of hydrogen-bond donors (Lipinski definition) is 1. The maximum Gasteiger partial charge on any atom is 1.00 e. The third-order valence-electron chi connectivity index (χ3n) is 1.78. The minimum absolute atomic E-state index is 0. The molecule has 0 fully saturated rings. The average Bonchev–Trinajstić information content (AvgIpc) is 2.01. The summed E-state index contributed by atoms with van der Waals surface area (Å²) in [6, 6.07) is 9.25. The number of rotatable bonds is 3. The molecule has 15 heavy (non-hydrogen) atoms. The van der Waals surface area contributed by atoms with Crippen molar-refractivity contribution in [2.24, 2.45) is 0 Å². The van der Waals surface area contributed by atoms with Crippen LogP contribution in [0.1, 0.15) is 15.9 Å². The summed E-state index contributed by atoms with van der Waals surface area (Å²) in [6.07, 6.45) is 0. The van der Waals surface area contributed by atoms with Crippen LogP contribution in [-0.4, -0.2) is 19.1 Å². The van der Waals surface area contributed by atoms with Crippen LogP contribution in [0.5, 0.6) is 0 Å². The first kappa shape index (κ1) is 14.4. The molecular weight excluding hydrogens is 199 g/mol. The predicted octanol–water partition coefficient (Wildman–Crippen LogP) is -0.181. The van der Waals surface area contributed by atoms with Gasteiger partial charge < -0.3 is 5.11 Å².